The van der Waals surface area contributed by atoms with Crippen LogP contribution in [0.4, 0.5) is 10.1 Å². The molecule has 3 nitrogen and oxygen atoms in total. The first-order chi connectivity index (χ1) is 8.58. The lowest BCUT2D eigenvalue weighted by atomic mass is 9.94. The van der Waals surface area contributed by atoms with Gasteiger partial charge in [0.15, 0.2) is 0 Å². The molecule has 1 saturated heterocycles. The van der Waals surface area contributed by atoms with Gasteiger partial charge in [-0.15, -0.1) is 0 Å². The molecule has 96 valence electrons. The van der Waals surface area contributed by atoms with Crippen molar-refractivity contribution in [3.8, 4) is 6.07 Å². The summed E-state index contributed by atoms with van der Waals surface area (Å²) in [6.07, 6.45) is 1.04. The number of hydrogen-bond donors (Lipinski definition) is 1. The molecule has 1 heterocycles. The van der Waals surface area contributed by atoms with Gasteiger partial charge < -0.3 is 10.2 Å². The number of piperidine rings is 1. The number of benzene rings is 1. The van der Waals surface area contributed by atoms with E-state index in [1.165, 1.54) is 12.1 Å². The van der Waals surface area contributed by atoms with Crippen LogP contribution >= 0.6 is 0 Å². The molecule has 2 atom stereocenters. The fraction of sp³-hybridized carbons (Fsp3) is 0.500. The number of nitrogens with one attached hydrogen (secondary N) is 1. The number of nitriles is 1. The Morgan fingerprint density at radius 3 is 2.89 bits per heavy atom. The first-order valence-corrected chi connectivity index (χ1v) is 6.24. The van der Waals surface area contributed by atoms with Crippen LogP contribution in [0, 0.1) is 23.1 Å². The van der Waals surface area contributed by atoms with Crippen LogP contribution in [-0.2, 0) is 0 Å². The maximum atomic E-state index is 13.3. The van der Waals surface area contributed by atoms with Gasteiger partial charge in [-0.3, -0.25) is 0 Å². The third-order valence-electron chi connectivity index (χ3n) is 3.49. The minimum atomic E-state index is -0.364. The van der Waals surface area contributed by atoms with Crippen LogP contribution in [0.5, 0.6) is 0 Å². The smallest absolute Gasteiger partial charge is 0.126 e. The molecule has 18 heavy (non-hydrogen) atoms. The van der Waals surface area contributed by atoms with Gasteiger partial charge in [0.05, 0.1) is 11.6 Å². The van der Waals surface area contributed by atoms with E-state index in [1.807, 2.05) is 6.07 Å². The fourth-order valence-corrected chi connectivity index (χ4v) is 2.52. The Morgan fingerprint density at radius 1 is 1.44 bits per heavy atom. The summed E-state index contributed by atoms with van der Waals surface area (Å²) < 4.78 is 13.3. The minimum absolute atomic E-state index is 0.342. The molecule has 1 aliphatic rings. The minimum Gasteiger partial charge on any atom is -0.382 e. The van der Waals surface area contributed by atoms with E-state index in [0.717, 1.165) is 19.5 Å². The van der Waals surface area contributed by atoms with E-state index in [9.17, 15) is 4.39 Å². The standard InChI is InChI=1S/C14H18FN3/c1-10-9-18(2)4-3-14(10)17-13-6-11(8-16)5-12(15)7-13/h5-7,10,14,17H,3-4,9H2,1-2H3. The molecule has 1 N–H and O–H groups in total. The molecule has 1 aromatic rings. The highest BCUT2D eigenvalue weighted by Crippen LogP contribution is 2.21. The maximum Gasteiger partial charge on any atom is 0.126 e. The maximum absolute atomic E-state index is 13.3. The number of likely N-dealkylation sites (tertiary alicyclic amines) is 1. The molecule has 0 bridgehead atoms. The Kier molecular flexibility index (Phi) is 3.83. The molecule has 0 aliphatic carbocycles. The quantitative estimate of drug-likeness (QED) is 0.872. The Hall–Kier alpha value is -1.60. The average molecular weight is 247 g/mol. The normalized spacial score (nSPS) is 24.6. The Labute approximate surface area is 107 Å². The molecular weight excluding hydrogens is 229 g/mol. The lowest BCUT2D eigenvalue weighted by molar-refractivity contribution is 0.206. The second-order valence-electron chi connectivity index (χ2n) is 5.12. The fourth-order valence-electron chi connectivity index (χ4n) is 2.52. The molecule has 1 aromatic carbocycles. The van der Waals surface area contributed by atoms with E-state index in [1.54, 1.807) is 6.07 Å². The van der Waals surface area contributed by atoms with Crippen molar-refractivity contribution in [1.82, 2.24) is 4.90 Å². The first kappa shape index (κ1) is 12.8. The van der Waals surface area contributed by atoms with E-state index in [0.29, 0.717) is 23.2 Å². The zero-order valence-corrected chi connectivity index (χ0v) is 10.8. The average Bonchev–Trinajstić information content (AvgIpc) is 2.32. The molecule has 4 heteroatoms. The molecule has 0 amide bonds. The Balaban J connectivity index is 2.10. The van der Waals surface area contributed by atoms with Crippen LogP contribution in [0.15, 0.2) is 18.2 Å². The van der Waals surface area contributed by atoms with Crippen LogP contribution in [0.3, 0.4) is 0 Å². The van der Waals surface area contributed by atoms with Gasteiger partial charge >= 0.3 is 0 Å². The monoisotopic (exact) mass is 247 g/mol. The molecule has 0 aromatic heterocycles. The van der Waals surface area contributed by atoms with Crippen LogP contribution in [-0.4, -0.2) is 31.1 Å². The molecular formula is C14H18FN3. The molecule has 2 rings (SSSR count). The second kappa shape index (κ2) is 5.36. The van der Waals surface area contributed by atoms with Crippen molar-refractivity contribution in [3.05, 3.63) is 29.6 Å². The van der Waals surface area contributed by atoms with Crippen molar-refractivity contribution in [1.29, 1.82) is 5.26 Å². The lowest BCUT2D eigenvalue weighted by Crippen LogP contribution is -2.43. The van der Waals surface area contributed by atoms with Gasteiger partial charge in [0.2, 0.25) is 0 Å². The summed E-state index contributed by atoms with van der Waals surface area (Å²) in [5, 5.41) is 12.2. The van der Waals surface area contributed by atoms with Gasteiger partial charge in [-0.25, -0.2) is 4.39 Å². The van der Waals surface area contributed by atoms with Crippen molar-refractivity contribution in [2.45, 2.75) is 19.4 Å². The molecule has 0 saturated carbocycles. The van der Waals surface area contributed by atoms with E-state index in [4.69, 9.17) is 5.26 Å². The number of hydrogen-bond acceptors (Lipinski definition) is 3. The zero-order valence-electron chi connectivity index (χ0n) is 10.8. The van der Waals surface area contributed by atoms with Gasteiger partial charge in [-0.05, 0) is 44.1 Å². The van der Waals surface area contributed by atoms with Crippen LogP contribution in [0.25, 0.3) is 0 Å². The van der Waals surface area contributed by atoms with Gasteiger partial charge in [0.1, 0.15) is 5.82 Å². The van der Waals surface area contributed by atoms with Gasteiger partial charge in [0.25, 0.3) is 0 Å². The molecule has 0 spiro atoms. The number of halogens is 1. The third kappa shape index (κ3) is 2.99. The van der Waals surface area contributed by atoms with E-state index < -0.39 is 0 Å². The summed E-state index contributed by atoms with van der Waals surface area (Å²) in [6.45, 7) is 4.28. The SMILES string of the molecule is CC1CN(C)CCC1Nc1cc(F)cc(C#N)c1. The molecule has 2 unspecified atom stereocenters. The number of anilines is 1. The summed E-state index contributed by atoms with van der Waals surface area (Å²) in [5.41, 5.74) is 1.06. The molecule has 0 radical (unpaired) electrons. The predicted octanol–water partition coefficient (Wildman–Crippen LogP) is 2.45. The lowest BCUT2D eigenvalue weighted by Gasteiger charge is -2.35. The third-order valence-corrected chi connectivity index (χ3v) is 3.49. The largest absolute Gasteiger partial charge is 0.382 e. The second-order valence-corrected chi connectivity index (χ2v) is 5.12. The van der Waals surface area contributed by atoms with Crippen molar-refractivity contribution in [2.75, 3.05) is 25.5 Å². The highest BCUT2D eigenvalue weighted by molar-refractivity contribution is 5.50. The van der Waals surface area contributed by atoms with Crippen molar-refractivity contribution in [2.24, 2.45) is 5.92 Å². The predicted molar refractivity (Wildman–Crippen MR) is 69.8 cm³/mol. The summed E-state index contributed by atoms with van der Waals surface area (Å²) in [6, 6.07) is 6.72. The first-order valence-electron chi connectivity index (χ1n) is 6.24. The van der Waals surface area contributed by atoms with Crippen LogP contribution < -0.4 is 5.32 Å². The van der Waals surface area contributed by atoms with Crippen LogP contribution in [0.1, 0.15) is 18.9 Å². The van der Waals surface area contributed by atoms with E-state index >= 15 is 0 Å². The van der Waals surface area contributed by atoms with Crippen molar-refractivity contribution >= 4 is 5.69 Å². The zero-order chi connectivity index (χ0) is 13.1. The van der Waals surface area contributed by atoms with Gasteiger partial charge in [-0.2, -0.15) is 5.26 Å². The molecule has 1 aliphatic heterocycles. The summed E-state index contributed by atoms with van der Waals surface area (Å²) >= 11 is 0. The van der Waals surface area contributed by atoms with Gasteiger partial charge in [-0.1, -0.05) is 6.92 Å². The molecule has 1 fully saturated rings. The van der Waals surface area contributed by atoms with E-state index in [-0.39, 0.29) is 5.82 Å². The topological polar surface area (TPSA) is 39.1 Å². The van der Waals surface area contributed by atoms with E-state index in [2.05, 4.69) is 24.2 Å². The Morgan fingerprint density at radius 2 is 2.22 bits per heavy atom. The van der Waals surface area contributed by atoms with Crippen LogP contribution in [0.2, 0.25) is 0 Å². The van der Waals surface area contributed by atoms with Gasteiger partial charge in [0, 0.05) is 18.3 Å². The number of nitrogens with zero attached hydrogens (tertiary/aromatic N) is 2. The Bertz CT molecular complexity index is 467. The highest BCUT2D eigenvalue weighted by Gasteiger charge is 2.24. The number of rotatable bonds is 2. The van der Waals surface area contributed by atoms with Crippen molar-refractivity contribution < 1.29 is 4.39 Å². The highest BCUT2D eigenvalue weighted by atomic mass is 19.1. The summed E-state index contributed by atoms with van der Waals surface area (Å²) in [5.74, 6) is 0.148. The summed E-state index contributed by atoms with van der Waals surface area (Å²) in [4.78, 5) is 2.30. The van der Waals surface area contributed by atoms with Crippen molar-refractivity contribution in [3.63, 3.8) is 0 Å². The summed E-state index contributed by atoms with van der Waals surface area (Å²) in [7, 11) is 2.11.